The Morgan fingerprint density at radius 2 is 1.92 bits per heavy atom. The molecule has 0 heterocycles. The molecule has 0 saturated carbocycles. The lowest BCUT2D eigenvalue weighted by atomic mass is 10.2. The maximum Gasteiger partial charge on any atom is 0.254 e. The highest BCUT2D eigenvalue weighted by molar-refractivity contribution is 6.32. The van der Waals surface area contributed by atoms with Crippen LogP contribution < -0.4 is 10.1 Å². The van der Waals surface area contributed by atoms with Crippen LogP contribution in [0.3, 0.4) is 0 Å². The van der Waals surface area contributed by atoms with Gasteiger partial charge in [-0.1, -0.05) is 23.7 Å². The molecule has 0 unspecified atom stereocenters. The number of rotatable bonds is 7. The van der Waals surface area contributed by atoms with Gasteiger partial charge in [0.25, 0.3) is 5.91 Å². The SMILES string of the molecule is CN(CCOc1ccccc1Cl)C(=O)CNC(=O)c1ccc(F)cc1F. The number of halogens is 3. The molecular weight excluding hydrogens is 366 g/mol. The predicted octanol–water partition coefficient (Wildman–Crippen LogP) is 2.89. The molecule has 5 nitrogen and oxygen atoms in total. The summed E-state index contributed by atoms with van der Waals surface area (Å²) in [5.41, 5.74) is -0.330. The fourth-order valence-electron chi connectivity index (χ4n) is 2.04. The summed E-state index contributed by atoms with van der Waals surface area (Å²) in [4.78, 5) is 25.2. The Hall–Kier alpha value is -2.67. The Bertz CT molecular complexity index is 802. The number of amides is 2. The molecule has 0 aromatic heterocycles. The van der Waals surface area contributed by atoms with E-state index in [1.54, 1.807) is 31.3 Å². The molecule has 0 aliphatic rings. The van der Waals surface area contributed by atoms with Crippen LogP contribution in [-0.4, -0.2) is 43.5 Å². The lowest BCUT2D eigenvalue weighted by molar-refractivity contribution is -0.129. The lowest BCUT2D eigenvalue weighted by Crippen LogP contribution is -2.40. The van der Waals surface area contributed by atoms with Crippen LogP contribution in [0.1, 0.15) is 10.4 Å². The maximum atomic E-state index is 13.5. The lowest BCUT2D eigenvalue weighted by Gasteiger charge is -2.18. The normalized spacial score (nSPS) is 10.3. The van der Waals surface area contributed by atoms with E-state index in [1.165, 1.54) is 4.90 Å². The number of hydrogen-bond donors (Lipinski definition) is 1. The molecular formula is C18H17ClF2N2O3. The van der Waals surface area contributed by atoms with Crippen molar-refractivity contribution in [2.24, 2.45) is 0 Å². The first-order valence-corrected chi connectivity index (χ1v) is 8.11. The molecule has 2 rings (SSSR count). The van der Waals surface area contributed by atoms with Crippen molar-refractivity contribution in [2.75, 3.05) is 26.7 Å². The Morgan fingerprint density at radius 3 is 2.62 bits per heavy atom. The average molecular weight is 383 g/mol. The van der Waals surface area contributed by atoms with Crippen molar-refractivity contribution in [2.45, 2.75) is 0 Å². The average Bonchev–Trinajstić information content (AvgIpc) is 2.60. The predicted molar refractivity (Wildman–Crippen MR) is 93.3 cm³/mol. The van der Waals surface area contributed by atoms with Gasteiger partial charge >= 0.3 is 0 Å². The molecule has 26 heavy (non-hydrogen) atoms. The number of hydrogen-bond acceptors (Lipinski definition) is 3. The van der Waals surface area contributed by atoms with Gasteiger partial charge in [0.2, 0.25) is 5.91 Å². The Kier molecular flexibility index (Phi) is 6.91. The zero-order valence-corrected chi connectivity index (χ0v) is 14.7. The van der Waals surface area contributed by atoms with Crippen molar-refractivity contribution in [1.29, 1.82) is 0 Å². The summed E-state index contributed by atoms with van der Waals surface area (Å²) in [6.45, 7) is 0.162. The van der Waals surface area contributed by atoms with Crippen LogP contribution in [0.5, 0.6) is 5.75 Å². The molecule has 2 aromatic rings. The van der Waals surface area contributed by atoms with E-state index in [2.05, 4.69) is 5.32 Å². The highest BCUT2D eigenvalue weighted by atomic mass is 35.5. The largest absolute Gasteiger partial charge is 0.490 e. The van der Waals surface area contributed by atoms with Gasteiger partial charge in [0, 0.05) is 13.1 Å². The van der Waals surface area contributed by atoms with Crippen LogP contribution in [0.2, 0.25) is 5.02 Å². The fraction of sp³-hybridized carbons (Fsp3) is 0.222. The van der Waals surface area contributed by atoms with E-state index in [0.717, 1.165) is 12.1 Å². The van der Waals surface area contributed by atoms with Crippen molar-refractivity contribution < 1.29 is 23.1 Å². The smallest absolute Gasteiger partial charge is 0.254 e. The van der Waals surface area contributed by atoms with Crippen molar-refractivity contribution in [3.8, 4) is 5.75 Å². The summed E-state index contributed by atoms with van der Waals surface area (Å²) >= 11 is 5.96. The minimum Gasteiger partial charge on any atom is -0.490 e. The van der Waals surface area contributed by atoms with Gasteiger partial charge in [0.15, 0.2) is 0 Å². The summed E-state index contributed by atoms with van der Waals surface area (Å²) in [7, 11) is 1.54. The minimum absolute atomic E-state index is 0.215. The molecule has 0 atom stereocenters. The van der Waals surface area contributed by atoms with E-state index in [1.807, 2.05) is 0 Å². The van der Waals surface area contributed by atoms with E-state index in [4.69, 9.17) is 16.3 Å². The van der Waals surface area contributed by atoms with Gasteiger partial charge in [0.1, 0.15) is 24.0 Å². The number of likely N-dealkylation sites (N-methyl/N-ethyl adjacent to an activating group) is 1. The molecule has 0 saturated heterocycles. The zero-order valence-electron chi connectivity index (χ0n) is 14.0. The van der Waals surface area contributed by atoms with E-state index in [-0.39, 0.29) is 31.2 Å². The number of carbonyl (C=O) groups excluding carboxylic acids is 2. The van der Waals surface area contributed by atoms with Gasteiger partial charge in [-0.15, -0.1) is 0 Å². The molecule has 0 aliphatic carbocycles. The summed E-state index contributed by atoms with van der Waals surface area (Å²) in [6, 6.07) is 9.55. The number of benzene rings is 2. The molecule has 0 bridgehead atoms. The third-order valence-electron chi connectivity index (χ3n) is 3.52. The molecule has 0 radical (unpaired) electrons. The molecule has 2 amide bonds. The van der Waals surface area contributed by atoms with E-state index in [0.29, 0.717) is 16.8 Å². The summed E-state index contributed by atoms with van der Waals surface area (Å²) < 4.78 is 31.8. The highest BCUT2D eigenvalue weighted by Crippen LogP contribution is 2.22. The summed E-state index contributed by atoms with van der Waals surface area (Å²) in [6.07, 6.45) is 0. The molecule has 0 fully saturated rings. The number of carbonyl (C=O) groups is 2. The van der Waals surface area contributed by atoms with Crippen molar-refractivity contribution in [3.63, 3.8) is 0 Å². The Labute approximate surface area is 154 Å². The van der Waals surface area contributed by atoms with Crippen LogP contribution in [-0.2, 0) is 4.79 Å². The van der Waals surface area contributed by atoms with Gasteiger partial charge in [-0.3, -0.25) is 9.59 Å². The zero-order chi connectivity index (χ0) is 19.1. The molecule has 8 heteroatoms. The van der Waals surface area contributed by atoms with Crippen LogP contribution in [0.15, 0.2) is 42.5 Å². The third-order valence-corrected chi connectivity index (χ3v) is 3.83. The second kappa shape index (κ2) is 9.15. The topological polar surface area (TPSA) is 58.6 Å². The van der Waals surface area contributed by atoms with Gasteiger partial charge in [-0.05, 0) is 24.3 Å². The fourth-order valence-corrected chi connectivity index (χ4v) is 2.23. The monoisotopic (exact) mass is 382 g/mol. The molecule has 0 spiro atoms. The number of nitrogens with zero attached hydrogens (tertiary/aromatic N) is 1. The van der Waals surface area contributed by atoms with Crippen LogP contribution >= 0.6 is 11.6 Å². The van der Waals surface area contributed by atoms with Gasteiger partial charge in [0.05, 0.1) is 23.7 Å². The van der Waals surface area contributed by atoms with Gasteiger partial charge in [-0.25, -0.2) is 8.78 Å². The van der Waals surface area contributed by atoms with Crippen molar-refractivity contribution in [3.05, 3.63) is 64.7 Å². The van der Waals surface area contributed by atoms with E-state index >= 15 is 0 Å². The summed E-state index contributed by atoms with van der Waals surface area (Å²) in [5.74, 6) is -2.44. The number of para-hydroxylation sites is 1. The van der Waals surface area contributed by atoms with E-state index < -0.39 is 17.5 Å². The number of ether oxygens (including phenoxy) is 1. The second-order valence-corrected chi connectivity index (χ2v) is 5.81. The second-order valence-electron chi connectivity index (χ2n) is 5.40. The van der Waals surface area contributed by atoms with Crippen LogP contribution in [0, 0.1) is 11.6 Å². The van der Waals surface area contributed by atoms with Gasteiger partial charge < -0.3 is 15.0 Å². The number of nitrogens with one attached hydrogen (secondary N) is 1. The van der Waals surface area contributed by atoms with Crippen LogP contribution in [0.25, 0.3) is 0 Å². The standard InChI is InChI=1S/C18H17ClF2N2O3/c1-23(8-9-26-16-5-3-2-4-14(16)19)17(24)11-22-18(25)13-7-6-12(20)10-15(13)21/h2-7,10H,8-9,11H2,1H3,(H,22,25). The molecule has 1 N–H and O–H groups in total. The molecule has 2 aromatic carbocycles. The molecule has 138 valence electrons. The first-order chi connectivity index (χ1) is 12.4. The first-order valence-electron chi connectivity index (χ1n) is 7.73. The first kappa shape index (κ1) is 19.7. The molecule has 0 aliphatic heterocycles. The van der Waals surface area contributed by atoms with Crippen molar-refractivity contribution >= 4 is 23.4 Å². The third kappa shape index (κ3) is 5.42. The van der Waals surface area contributed by atoms with Crippen LogP contribution in [0.4, 0.5) is 8.78 Å². The van der Waals surface area contributed by atoms with Gasteiger partial charge in [-0.2, -0.15) is 0 Å². The summed E-state index contributed by atoms with van der Waals surface area (Å²) in [5, 5.41) is 2.77. The minimum atomic E-state index is -0.989. The van der Waals surface area contributed by atoms with Crippen molar-refractivity contribution in [1.82, 2.24) is 10.2 Å². The van der Waals surface area contributed by atoms with E-state index in [9.17, 15) is 18.4 Å². The Morgan fingerprint density at radius 1 is 1.19 bits per heavy atom. The quantitative estimate of drug-likeness (QED) is 0.801. The Balaban J connectivity index is 1.78. The highest BCUT2D eigenvalue weighted by Gasteiger charge is 2.15. The maximum absolute atomic E-state index is 13.5.